The van der Waals surface area contributed by atoms with Crippen molar-refractivity contribution in [2.45, 2.75) is 18.1 Å². The summed E-state index contributed by atoms with van der Waals surface area (Å²) in [5.41, 5.74) is -0.830. The van der Waals surface area contributed by atoms with Gasteiger partial charge in [-0.3, -0.25) is 0 Å². The fourth-order valence-corrected chi connectivity index (χ4v) is 1.60. The Hall–Kier alpha value is -0.693. The van der Waals surface area contributed by atoms with Crippen molar-refractivity contribution in [1.82, 2.24) is 4.57 Å². The predicted molar refractivity (Wildman–Crippen MR) is 58.8 cm³/mol. The fraction of sp³-hybridized carbons (Fsp3) is 0.700. The van der Waals surface area contributed by atoms with E-state index in [0.717, 1.165) is 0 Å². The second kappa shape index (κ2) is 5.58. The minimum atomic E-state index is -0.830. The van der Waals surface area contributed by atoms with Crippen molar-refractivity contribution in [3.8, 4) is 0 Å². The van der Waals surface area contributed by atoms with Crippen molar-refractivity contribution < 1.29 is 18.8 Å². The summed E-state index contributed by atoms with van der Waals surface area (Å²) < 4.78 is 19.8. The van der Waals surface area contributed by atoms with Gasteiger partial charge in [-0.25, -0.2) is 9.13 Å². The molecule has 1 heterocycles. The van der Waals surface area contributed by atoms with Crippen LogP contribution in [0.25, 0.3) is 0 Å². The maximum Gasteiger partial charge on any atom is 0.245 e. The van der Waals surface area contributed by atoms with Crippen LogP contribution in [0.5, 0.6) is 0 Å². The third kappa shape index (κ3) is 3.15. The van der Waals surface area contributed by atoms with Crippen LogP contribution in [0.2, 0.25) is 0 Å². The third-order valence-electron chi connectivity index (χ3n) is 2.50. The van der Waals surface area contributed by atoms with Crippen molar-refractivity contribution in [3.05, 3.63) is 18.7 Å². The highest BCUT2D eigenvalue weighted by Gasteiger charge is 2.31. The third-order valence-corrected chi connectivity index (χ3v) is 3.11. The maximum atomic E-state index is 5.41. The van der Waals surface area contributed by atoms with E-state index in [-0.39, 0.29) is 6.23 Å². The standard InChI is InChI=1S/C10H18N2O3Si/c1-11-5-6-12(8-11)9(13-2)7-10(16,14-3)15-4/h5-6,8-9H,7H2,1-4H3/q+1. The van der Waals surface area contributed by atoms with E-state index in [9.17, 15) is 0 Å². The van der Waals surface area contributed by atoms with Gasteiger partial charge in [-0.15, -0.1) is 0 Å². The molecule has 0 saturated carbocycles. The summed E-state index contributed by atoms with van der Waals surface area (Å²) in [5, 5.41) is 0. The predicted octanol–water partition coefficient (Wildman–Crippen LogP) is -0.0372. The second-order valence-corrected chi connectivity index (χ2v) is 4.34. The van der Waals surface area contributed by atoms with Gasteiger partial charge in [0, 0.05) is 21.3 Å². The Bertz CT molecular complexity index is 326. The summed E-state index contributed by atoms with van der Waals surface area (Å²) in [4.78, 5) is 0. The molecule has 0 saturated heterocycles. The van der Waals surface area contributed by atoms with Gasteiger partial charge in [0.25, 0.3) is 0 Å². The average molecular weight is 242 g/mol. The summed E-state index contributed by atoms with van der Waals surface area (Å²) >= 11 is 0. The molecular weight excluding hydrogens is 224 g/mol. The van der Waals surface area contributed by atoms with Crippen molar-refractivity contribution in [2.75, 3.05) is 21.3 Å². The highest BCUT2D eigenvalue weighted by molar-refractivity contribution is 6.13. The summed E-state index contributed by atoms with van der Waals surface area (Å²) in [6.45, 7) is 0. The van der Waals surface area contributed by atoms with Gasteiger partial charge in [-0.2, -0.15) is 0 Å². The molecule has 0 amide bonds. The van der Waals surface area contributed by atoms with Crippen LogP contribution in [0.3, 0.4) is 0 Å². The number of nitrogens with zero attached hydrogens (tertiary/aromatic N) is 2. The molecule has 1 atom stereocenters. The molecule has 0 aromatic carbocycles. The Balaban J connectivity index is 2.76. The molecule has 1 unspecified atom stereocenters. The highest BCUT2D eigenvalue weighted by Crippen LogP contribution is 2.22. The van der Waals surface area contributed by atoms with Crippen molar-refractivity contribution in [3.63, 3.8) is 0 Å². The zero-order valence-electron chi connectivity index (χ0n) is 10.1. The van der Waals surface area contributed by atoms with E-state index in [2.05, 4.69) is 10.2 Å². The van der Waals surface area contributed by atoms with Crippen LogP contribution in [0.1, 0.15) is 12.6 Å². The molecule has 0 bridgehead atoms. The zero-order valence-corrected chi connectivity index (χ0v) is 11.1. The number of aromatic nitrogens is 2. The molecule has 16 heavy (non-hydrogen) atoms. The number of rotatable bonds is 6. The van der Waals surface area contributed by atoms with Gasteiger partial charge in [0.2, 0.25) is 12.6 Å². The molecular formula is C10H18N2O3Si+. The molecule has 89 valence electrons. The largest absolute Gasteiger partial charge is 0.358 e. The average Bonchev–Trinajstić information content (AvgIpc) is 2.72. The molecule has 6 heteroatoms. The highest BCUT2D eigenvalue weighted by atomic mass is 28.1. The smallest absolute Gasteiger partial charge is 0.245 e. The number of imidazole rings is 1. The van der Waals surface area contributed by atoms with Crippen LogP contribution in [0.15, 0.2) is 18.7 Å². The Labute approximate surface area is 99.3 Å². The quantitative estimate of drug-likeness (QED) is 0.399. The van der Waals surface area contributed by atoms with Crippen molar-refractivity contribution >= 4 is 10.2 Å². The van der Waals surface area contributed by atoms with E-state index in [4.69, 9.17) is 14.2 Å². The van der Waals surface area contributed by atoms with E-state index in [0.29, 0.717) is 6.42 Å². The minimum Gasteiger partial charge on any atom is -0.358 e. The van der Waals surface area contributed by atoms with Crippen LogP contribution in [-0.4, -0.2) is 41.5 Å². The van der Waals surface area contributed by atoms with Gasteiger partial charge in [0.15, 0.2) is 0 Å². The molecule has 1 aromatic rings. The molecule has 0 aliphatic rings. The normalized spacial score (nSPS) is 14.1. The van der Waals surface area contributed by atoms with Gasteiger partial charge in [0.1, 0.15) is 28.0 Å². The Kier molecular flexibility index (Phi) is 4.66. The lowest BCUT2D eigenvalue weighted by molar-refractivity contribution is -0.671. The van der Waals surface area contributed by atoms with E-state index in [1.54, 1.807) is 21.3 Å². The monoisotopic (exact) mass is 242 g/mol. The number of aryl methyl sites for hydroxylation is 1. The SMILES string of the molecule is COC(CC([Si])(OC)OC)n1cc[n+](C)c1. The lowest BCUT2D eigenvalue weighted by Crippen LogP contribution is -2.37. The molecule has 1 rings (SSSR count). The lowest BCUT2D eigenvalue weighted by atomic mass is 10.3. The maximum absolute atomic E-state index is 5.41. The molecule has 0 N–H and O–H groups in total. The number of methoxy groups -OCH3 is 3. The van der Waals surface area contributed by atoms with Crippen LogP contribution in [-0.2, 0) is 21.3 Å². The van der Waals surface area contributed by atoms with Crippen LogP contribution in [0.4, 0.5) is 0 Å². The number of hydrogen-bond acceptors (Lipinski definition) is 3. The Morgan fingerprint density at radius 3 is 2.38 bits per heavy atom. The lowest BCUT2D eigenvalue weighted by Gasteiger charge is -2.28. The first-order chi connectivity index (χ1) is 7.54. The molecule has 0 fully saturated rings. The topological polar surface area (TPSA) is 36.5 Å². The van der Waals surface area contributed by atoms with Crippen LogP contribution < -0.4 is 4.57 Å². The van der Waals surface area contributed by atoms with Gasteiger partial charge in [0.05, 0.1) is 13.5 Å². The molecule has 1 aromatic heterocycles. The Morgan fingerprint density at radius 2 is 2.00 bits per heavy atom. The van der Waals surface area contributed by atoms with Crippen molar-refractivity contribution in [2.24, 2.45) is 7.05 Å². The molecule has 5 nitrogen and oxygen atoms in total. The summed E-state index contributed by atoms with van der Waals surface area (Å²) in [7, 11) is 10.2. The first kappa shape index (κ1) is 13.4. The van der Waals surface area contributed by atoms with Gasteiger partial charge in [-0.05, 0) is 0 Å². The summed E-state index contributed by atoms with van der Waals surface area (Å²) in [6, 6.07) is 0. The molecule has 3 radical (unpaired) electrons. The van der Waals surface area contributed by atoms with Crippen LogP contribution >= 0.6 is 0 Å². The fourth-order valence-electron chi connectivity index (χ4n) is 1.43. The van der Waals surface area contributed by atoms with Crippen molar-refractivity contribution in [1.29, 1.82) is 0 Å². The minimum absolute atomic E-state index is 0.154. The van der Waals surface area contributed by atoms with E-state index >= 15 is 0 Å². The number of hydrogen-bond donors (Lipinski definition) is 0. The van der Waals surface area contributed by atoms with Gasteiger partial charge < -0.3 is 14.2 Å². The van der Waals surface area contributed by atoms with E-state index < -0.39 is 5.41 Å². The first-order valence-electron chi connectivity index (χ1n) is 4.95. The summed E-state index contributed by atoms with van der Waals surface area (Å²) in [6.07, 6.45) is 6.19. The Morgan fingerprint density at radius 1 is 1.38 bits per heavy atom. The van der Waals surface area contributed by atoms with E-state index in [1.807, 2.05) is 34.9 Å². The van der Waals surface area contributed by atoms with Gasteiger partial charge in [-0.1, -0.05) is 0 Å². The first-order valence-corrected chi connectivity index (χ1v) is 5.45. The second-order valence-electron chi connectivity index (χ2n) is 3.58. The molecule has 0 aliphatic carbocycles. The zero-order chi connectivity index (χ0) is 12.2. The van der Waals surface area contributed by atoms with E-state index in [1.165, 1.54) is 0 Å². The van der Waals surface area contributed by atoms with Crippen LogP contribution in [0, 0.1) is 0 Å². The summed E-state index contributed by atoms with van der Waals surface area (Å²) in [5.74, 6) is 0. The molecule has 0 spiro atoms. The molecule has 0 aliphatic heterocycles. The van der Waals surface area contributed by atoms with Gasteiger partial charge >= 0.3 is 0 Å². The number of ether oxygens (including phenoxy) is 3.